The van der Waals surface area contributed by atoms with Crippen LogP contribution in [-0.2, 0) is 0 Å². The number of hydrogen-bond donors (Lipinski definition) is 1. The SMILES string of the molecule is CCCCCCCCC(N)c1cc(C)nnc1C. The lowest BCUT2D eigenvalue weighted by Crippen LogP contribution is -2.13. The molecule has 1 unspecified atom stereocenters. The Morgan fingerprint density at radius 1 is 1.06 bits per heavy atom. The zero-order valence-corrected chi connectivity index (χ0v) is 12.1. The number of aryl methyl sites for hydroxylation is 2. The Kier molecular flexibility index (Phi) is 6.88. The van der Waals surface area contributed by atoms with Gasteiger partial charge in [0.1, 0.15) is 0 Å². The molecule has 0 aromatic carbocycles. The predicted molar refractivity (Wildman–Crippen MR) is 76.4 cm³/mol. The Hall–Kier alpha value is -0.960. The second-order valence-corrected chi connectivity index (χ2v) is 5.19. The van der Waals surface area contributed by atoms with Gasteiger partial charge in [-0.2, -0.15) is 10.2 Å². The van der Waals surface area contributed by atoms with Crippen LogP contribution < -0.4 is 5.73 Å². The van der Waals surface area contributed by atoms with Crippen LogP contribution >= 0.6 is 0 Å². The number of aromatic nitrogens is 2. The van der Waals surface area contributed by atoms with Crippen molar-refractivity contribution >= 4 is 0 Å². The highest BCUT2D eigenvalue weighted by atomic mass is 15.1. The highest BCUT2D eigenvalue weighted by Gasteiger charge is 2.10. The summed E-state index contributed by atoms with van der Waals surface area (Å²) in [7, 11) is 0. The van der Waals surface area contributed by atoms with E-state index in [0.29, 0.717) is 0 Å². The maximum absolute atomic E-state index is 6.24. The number of nitrogens with two attached hydrogens (primary N) is 1. The van der Waals surface area contributed by atoms with Gasteiger partial charge < -0.3 is 5.73 Å². The number of hydrogen-bond acceptors (Lipinski definition) is 3. The quantitative estimate of drug-likeness (QED) is 0.712. The molecule has 1 heterocycles. The van der Waals surface area contributed by atoms with E-state index in [0.717, 1.165) is 23.4 Å². The zero-order valence-electron chi connectivity index (χ0n) is 12.1. The van der Waals surface area contributed by atoms with Crippen molar-refractivity contribution in [2.24, 2.45) is 5.73 Å². The van der Waals surface area contributed by atoms with Crippen LogP contribution in [0.2, 0.25) is 0 Å². The molecule has 1 aromatic heterocycles. The minimum absolute atomic E-state index is 0.116. The number of nitrogens with zero attached hydrogens (tertiary/aromatic N) is 2. The van der Waals surface area contributed by atoms with Crippen LogP contribution in [-0.4, -0.2) is 10.2 Å². The molecule has 3 nitrogen and oxygen atoms in total. The van der Waals surface area contributed by atoms with Gasteiger partial charge in [-0.15, -0.1) is 0 Å². The Bertz CT molecular complexity index is 350. The first kappa shape index (κ1) is 15.1. The molecule has 102 valence electrons. The molecule has 1 aromatic rings. The molecule has 3 heteroatoms. The highest BCUT2D eigenvalue weighted by Crippen LogP contribution is 2.20. The first-order chi connectivity index (χ1) is 8.65. The van der Waals surface area contributed by atoms with Crippen LogP contribution in [0, 0.1) is 13.8 Å². The maximum atomic E-state index is 6.24. The molecule has 0 spiro atoms. The largest absolute Gasteiger partial charge is 0.324 e. The fourth-order valence-electron chi connectivity index (χ4n) is 2.25. The van der Waals surface area contributed by atoms with Gasteiger partial charge in [0.15, 0.2) is 0 Å². The van der Waals surface area contributed by atoms with Gasteiger partial charge >= 0.3 is 0 Å². The normalized spacial score (nSPS) is 12.7. The second-order valence-electron chi connectivity index (χ2n) is 5.19. The summed E-state index contributed by atoms with van der Waals surface area (Å²) in [6, 6.07) is 2.19. The van der Waals surface area contributed by atoms with Crippen LogP contribution in [0.4, 0.5) is 0 Å². The monoisotopic (exact) mass is 249 g/mol. The van der Waals surface area contributed by atoms with Gasteiger partial charge in [0.2, 0.25) is 0 Å². The topological polar surface area (TPSA) is 51.8 Å². The summed E-state index contributed by atoms with van der Waals surface area (Å²) < 4.78 is 0. The third-order valence-electron chi connectivity index (χ3n) is 3.41. The van der Waals surface area contributed by atoms with Gasteiger partial charge in [-0.1, -0.05) is 45.4 Å². The predicted octanol–water partition coefficient (Wildman–Crippen LogP) is 3.84. The lowest BCUT2D eigenvalue weighted by atomic mass is 9.99. The van der Waals surface area contributed by atoms with Crippen molar-refractivity contribution in [1.82, 2.24) is 10.2 Å². The average Bonchev–Trinajstić information content (AvgIpc) is 2.36. The fourth-order valence-corrected chi connectivity index (χ4v) is 2.25. The first-order valence-electron chi connectivity index (χ1n) is 7.21. The molecular weight excluding hydrogens is 222 g/mol. The standard InChI is InChI=1S/C15H27N3/c1-4-5-6-7-8-9-10-15(16)14-11-12(2)17-18-13(14)3/h11,15H,4-10,16H2,1-3H3. The first-order valence-corrected chi connectivity index (χ1v) is 7.21. The Balaban J connectivity index is 2.31. The van der Waals surface area contributed by atoms with Crippen LogP contribution in [0.15, 0.2) is 6.07 Å². The van der Waals surface area contributed by atoms with E-state index < -0.39 is 0 Å². The van der Waals surface area contributed by atoms with E-state index in [9.17, 15) is 0 Å². The van der Waals surface area contributed by atoms with Crippen molar-refractivity contribution in [3.63, 3.8) is 0 Å². The van der Waals surface area contributed by atoms with Crippen molar-refractivity contribution in [1.29, 1.82) is 0 Å². The summed E-state index contributed by atoms with van der Waals surface area (Å²) in [5, 5.41) is 8.18. The summed E-state index contributed by atoms with van der Waals surface area (Å²) in [6.45, 7) is 6.20. The van der Waals surface area contributed by atoms with Gasteiger partial charge in [0, 0.05) is 6.04 Å². The second kappa shape index (κ2) is 8.20. The van der Waals surface area contributed by atoms with E-state index in [-0.39, 0.29) is 6.04 Å². The van der Waals surface area contributed by atoms with Gasteiger partial charge in [-0.25, -0.2) is 0 Å². The molecule has 0 aliphatic heterocycles. The van der Waals surface area contributed by atoms with Crippen molar-refractivity contribution in [2.45, 2.75) is 71.8 Å². The molecule has 0 amide bonds. The van der Waals surface area contributed by atoms with Gasteiger partial charge in [0.05, 0.1) is 11.4 Å². The van der Waals surface area contributed by atoms with Gasteiger partial charge in [0.25, 0.3) is 0 Å². The lowest BCUT2D eigenvalue weighted by Gasteiger charge is -2.14. The third-order valence-corrected chi connectivity index (χ3v) is 3.41. The van der Waals surface area contributed by atoms with E-state index in [1.165, 1.54) is 38.5 Å². The van der Waals surface area contributed by atoms with Crippen molar-refractivity contribution in [2.75, 3.05) is 0 Å². The van der Waals surface area contributed by atoms with E-state index in [2.05, 4.69) is 23.2 Å². The fraction of sp³-hybridized carbons (Fsp3) is 0.733. The van der Waals surface area contributed by atoms with Crippen LogP contribution in [0.1, 0.15) is 74.9 Å². The molecular formula is C15H27N3. The average molecular weight is 249 g/mol. The molecule has 0 aliphatic rings. The van der Waals surface area contributed by atoms with Gasteiger partial charge in [-0.3, -0.25) is 0 Å². The maximum Gasteiger partial charge on any atom is 0.0648 e. The Morgan fingerprint density at radius 2 is 1.72 bits per heavy atom. The highest BCUT2D eigenvalue weighted by molar-refractivity contribution is 5.23. The minimum Gasteiger partial charge on any atom is -0.324 e. The molecule has 0 aliphatic carbocycles. The lowest BCUT2D eigenvalue weighted by molar-refractivity contribution is 0.544. The Labute approximate surface area is 111 Å². The third kappa shape index (κ3) is 5.13. The smallest absolute Gasteiger partial charge is 0.0648 e. The van der Waals surface area contributed by atoms with Crippen molar-refractivity contribution < 1.29 is 0 Å². The molecule has 0 bridgehead atoms. The van der Waals surface area contributed by atoms with Crippen LogP contribution in [0.3, 0.4) is 0 Å². The van der Waals surface area contributed by atoms with Crippen molar-refractivity contribution in [3.05, 3.63) is 23.0 Å². The Morgan fingerprint density at radius 3 is 2.44 bits per heavy atom. The zero-order chi connectivity index (χ0) is 13.4. The number of rotatable bonds is 8. The molecule has 1 atom stereocenters. The van der Waals surface area contributed by atoms with E-state index in [4.69, 9.17) is 5.73 Å². The van der Waals surface area contributed by atoms with E-state index in [1.807, 2.05) is 13.8 Å². The van der Waals surface area contributed by atoms with E-state index >= 15 is 0 Å². The van der Waals surface area contributed by atoms with Crippen LogP contribution in [0.25, 0.3) is 0 Å². The molecule has 0 saturated carbocycles. The molecule has 1 rings (SSSR count). The summed E-state index contributed by atoms with van der Waals surface area (Å²) >= 11 is 0. The summed E-state index contributed by atoms with van der Waals surface area (Å²) in [6.07, 6.45) is 8.93. The molecule has 2 N–H and O–H groups in total. The van der Waals surface area contributed by atoms with E-state index in [1.54, 1.807) is 0 Å². The van der Waals surface area contributed by atoms with Crippen molar-refractivity contribution in [3.8, 4) is 0 Å². The summed E-state index contributed by atoms with van der Waals surface area (Å²) in [4.78, 5) is 0. The molecule has 0 radical (unpaired) electrons. The molecule has 0 saturated heterocycles. The number of unbranched alkanes of at least 4 members (excludes halogenated alkanes) is 5. The summed E-state index contributed by atoms with van der Waals surface area (Å²) in [5.74, 6) is 0. The van der Waals surface area contributed by atoms with Gasteiger partial charge in [-0.05, 0) is 31.9 Å². The molecule has 18 heavy (non-hydrogen) atoms. The summed E-state index contributed by atoms with van der Waals surface area (Å²) in [5.41, 5.74) is 9.33. The minimum atomic E-state index is 0.116. The molecule has 0 fully saturated rings. The van der Waals surface area contributed by atoms with Crippen LogP contribution in [0.5, 0.6) is 0 Å².